The predicted octanol–water partition coefficient (Wildman–Crippen LogP) is 3.55. The standard InChI is InChI=1S/C25H29NO7/c1-28-23-14-17-13-20(32-15-21-5-4-12-31-21)10-11-22(17)25(27)26(23)18-6-8-19(9-7-18)33-16-24(29-2)30-3/h6-11,13-14,21,24H,4-5,12,15-16H2,1-3H3/t21-/m0/s1. The van der Waals surface area contributed by atoms with E-state index in [2.05, 4.69) is 0 Å². The minimum Gasteiger partial charge on any atom is -0.491 e. The van der Waals surface area contributed by atoms with Gasteiger partial charge in [0.1, 0.15) is 24.7 Å². The van der Waals surface area contributed by atoms with Gasteiger partial charge in [-0.2, -0.15) is 0 Å². The Kier molecular flexibility index (Phi) is 7.49. The van der Waals surface area contributed by atoms with E-state index >= 15 is 0 Å². The van der Waals surface area contributed by atoms with Crippen LogP contribution in [0, 0.1) is 0 Å². The second kappa shape index (κ2) is 10.7. The maximum absolute atomic E-state index is 13.3. The van der Waals surface area contributed by atoms with Gasteiger partial charge >= 0.3 is 0 Å². The van der Waals surface area contributed by atoms with Crippen LogP contribution in [0.25, 0.3) is 16.5 Å². The first-order chi connectivity index (χ1) is 16.1. The number of aromatic nitrogens is 1. The Balaban J connectivity index is 1.57. The Morgan fingerprint density at radius 3 is 2.42 bits per heavy atom. The largest absolute Gasteiger partial charge is 0.491 e. The number of ether oxygens (including phenoxy) is 6. The van der Waals surface area contributed by atoms with Crippen LogP contribution in [0.15, 0.2) is 53.3 Å². The molecule has 4 rings (SSSR count). The second-order valence-electron chi connectivity index (χ2n) is 7.73. The van der Waals surface area contributed by atoms with Crippen LogP contribution in [0.4, 0.5) is 0 Å². The lowest BCUT2D eigenvalue weighted by molar-refractivity contribution is -0.121. The van der Waals surface area contributed by atoms with Crippen molar-refractivity contribution in [1.29, 1.82) is 0 Å². The lowest BCUT2D eigenvalue weighted by Crippen LogP contribution is -2.22. The maximum atomic E-state index is 13.3. The van der Waals surface area contributed by atoms with E-state index in [-0.39, 0.29) is 18.3 Å². The molecule has 1 saturated heterocycles. The molecule has 2 heterocycles. The van der Waals surface area contributed by atoms with Gasteiger partial charge in [-0.25, -0.2) is 4.57 Å². The van der Waals surface area contributed by atoms with Gasteiger partial charge in [-0.3, -0.25) is 4.79 Å². The lowest BCUT2D eigenvalue weighted by Gasteiger charge is -2.16. The van der Waals surface area contributed by atoms with Crippen molar-refractivity contribution in [3.63, 3.8) is 0 Å². The van der Waals surface area contributed by atoms with Crippen LogP contribution in [-0.2, 0) is 14.2 Å². The summed E-state index contributed by atoms with van der Waals surface area (Å²) in [6.45, 7) is 1.54. The van der Waals surface area contributed by atoms with Crippen LogP contribution in [0.3, 0.4) is 0 Å². The maximum Gasteiger partial charge on any atom is 0.265 e. The molecule has 1 aliphatic heterocycles. The fourth-order valence-corrected chi connectivity index (χ4v) is 3.81. The van der Waals surface area contributed by atoms with Crippen molar-refractivity contribution >= 4 is 10.8 Å². The molecule has 8 nitrogen and oxygen atoms in total. The van der Waals surface area contributed by atoms with Gasteiger partial charge in [0, 0.05) is 32.3 Å². The highest BCUT2D eigenvalue weighted by molar-refractivity contribution is 5.84. The molecule has 3 aromatic rings. The zero-order chi connectivity index (χ0) is 23.2. The van der Waals surface area contributed by atoms with Crippen molar-refractivity contribution in [2.75, 3.05) is 41.2 Å². The monoisotopic (exact) mass is 455 g/mol. The molecule has 1 fully saturated rings. The first-order valence-corrected chi connectivity index (χ1v) is 10.9. The van der Waals surface area contributed by atoms with E-state index in [0.717, 1.165) is 24.8 Å². The highest BCUT2D eigenvalue weighted by atomic mass is 16.7. The molecule has 176 valence electrons. The van der Waals surface area contributed by atoms with Gasteiger partial charge in [0.05, 0.1) is 18.9 Å². The molecule has 0 amide bonds. The Bertz CT molecular complexity index is 1120. The number of rotatable bonds is 10. The third kappa shape index (κ3) is 5.30. The molecule has 0 N–H and O–H groups in total. The van der Waals surface area contributed by atoms with Crippen molar-refractivity contribution < 1.29 is 28.4 Å². The van der Waals surface area contributed by atoms with Crippen LogP contribution >= 0.6 is 0 Å². The van der Waals surface area contributed by atoms with Gasteiger partial charge in [-0.1, -0.05) is 0 Å². The molecule has 8 heteroatoms. The number of hydrogen-bond donors (Lipinski definition) is 0. The van der Waals surface area contributed by atoms with E-state index in [1.54, 1.807) is 51.7 Å². The predicted molar refractivity (Wildman–Crippen MR) is 124 cm³/mol. The number of nitrogens with zero attached hydrogens (tertiary/aromatic N) is 1. The molecule has 33 heavy (non-hydrogen) atoms. The molecular formula is C25H29NO7. The van der Waals surface area contributed by atoms with Crippen LogP contribution in [0.2, 0.25) is 0 Å². The third-order valence-electron chi connectivity index (χ3n) is 5.63. The Morgan fingerprint density at radius 1 is 1.00 bits per heavy atom. The van der Waals surface area contributed by atoms with Crippen molar-refractivity contribution in [1.82, 2.24) is 4.57 Å². The average Bonchev–Trinajstić information content (AvgIpc) is 3.37. The third-order valence-corrected chi connectivity index (χ3v) is 5.63. The highest BCUT2D eigenvalue weighted by Gasteiger charge is 2.17. The molecule has 1 aliphatic rings. The summed E-state index contributed by atoms with van der Waals surface area (Å²) < 4.78 is 34.5. The number of hydrogen-bond acceptors (Lipinski definition) is 7. The number of pyridine rings is 1. The Hall–Kier alpha value is -3.07. The summed E-state index contributed by atoms with van der Waals surface area (Å²) in [6.07, 6.45) is 1.75. The summed E-state index contributed by atoms with van der Waals surface area (Å²) in [7, 11) is 4.65. The number of methoxy groups -OCH3 is 3. The van der Waals surface area contributed by atoms with Gasteiger partial charge in [0.2, 0.25) is 5.88 Å². The number of benzene rings is 2. The normalized spacial score (nSPS) is 15.8. The molecule has 0 saturated carbocycles. The lowest BCUT2D eigenvalue weighted by atomic mass is 10.1. The topological polar surface area (TPSA) is 77.4 Å². The second-order valence-corrected chi connectivity index (χ2v) is 7.73. The first kappa shape index (κ1) is 23.1. The van der Waals surface area contributed by atoms with E-state index in [4.69, 9.17) is 28.4 Å². The van der Waals surface area contributed by atoms with Crippen molar-refractivity contribution in [3.8, 4) is 23.1 Å². The van der Waals surface area contributed by atoms with Gasteiger partial charge < -0.3 is 28.4 Å². The SMILES string of the molecule is COc1cc2cc(OC[C@@H]3CCCO3)ccc2c(=O)n1-c1ccc(OCC(OC)OC)cc1. The highest BCUT2D eigenvalue weighted by Crippen LogP contribution is 2.26. The molecule has 1 atom stereocenters. The van der Waals surface area contributed by atoms with E-state index in [1.807, 2.05) is 18.2 Å². The number of fused-ring (bicyclic) bond motifs is 1. The van der Waals surface area contributed by atoms with Crippen molar-refractivity contribution in [3.05, 3.63) is 58.9 Å². The van der Waals surface area contributed by atoms with Crippen LogP contribution in [-0.4, -0.2) is 58.1 Å². The zero-order valence-electron chi connectivity index (χ0n) is 19.1. The molecule has 0 bridgehead atoms. The minimum atomic E-state index is -0.451. The summed E-state index contributed by atoms with van der Waals surface area (Å²) >= 11 is 0. The van der Waals surface area contributed by atoms with E-state index in [9.17, 15) is 4.79 Å². The van der Waals surface area contributed by atoms with E-state index in [1.165, 1.54) is 4.57 Å². The Labute approximate surface area is 192 Å². The Morgan fingerprint density at radius 2 is 1.76 bits per heavy atom. The molecule has 1 aromatic heterocycles. The molecule has 0 spiro atoms. The van der Waals surface area contributed by atoms with Gasteiger partial charge in [-0.15, -0.1) is 0 Å². The fourth-order valence-electron chi connectivity index (χ4n) is 3.81. The van der Waals surface area contributed by atoms with Gasteiger partial charge in [0.25, 0.3) is 5.56 Å². The molecule has 0 unspecified atom stereocenters. The van der Waals surface area contributed by atoms with E-state index in [0.29, 0.717) is 35.1 Å². The molecule has 0 radical (unpaired) electrons. The average molecular weight is 456 g/mol. The summed E-state index contributed by atoms with van der Waals surface area (Å²) in [5.74, 6) is 1.76. The van der Waals surface area contributed by atoms with Crippen LogP contribution < -0.4 is 19.8 Å². The molecule has 2 aromatic carbocycles. The van der Waals surface area contributed by atoms with Gasteiger partial charge in [0.15, 0.2) is 6.29 Å². The molecular weight excluding hydrogens is 426 g/mol. The minimum absolute atomic E-state index is 0.130. The summed E-state index contributed by atoms with van der Waals surface area (Å²) in [4.78, 5) is 13.3. The van der Waals surface area contributed by atoms with Crippen LogP contribution in [0.1, 0.15) is 12.8 Å². The van der Waals surface area contributed by atoms with E-state index < -0.39 is 6.29 Å². The summed E-state index contributed by atoms with van der Waals surface area (Å²) in [5.41, 5.74) is 0.488. The quantitative estimate of drug-likeness (QED) is 0.433. The smallest absolute Gasteiger partial charge is 0.265 e. The molecule has 0 aliphatic carbocycles. The summed E-state index contributed by atoms with van der Waals surface area (Å²) in [5, 5.41) is 1.33. The van der Waals surface area contributed by atoms with Crippen LogP contribution in [0.5, 0.6) is 17.4 Å². The zero-order valence-corrected chi connectivity index (χ0v) is 19.1. The fraction of sp³-hybridized carbons (Fsp3) is 0.400. The van der Waals surface area contributed by atoms with Crippen molar-refractivity contribution in [2.24, 2.45) is 0 Å². The summed E-state index contributed by atoms with van der Waals surface area (Å²) in [6, 6.07) is 14.5. The first-order valence-electron chi connectivity index (χ1n) is 10.9. The van der Waals surface area contributed by atoms with Crippen molar-refractivity contribution in [2.45, 2.75) is 25.2 Å². The van der Waals surface area contributed by atoms with Gasteiger partial charge in [-0.05, 0) is 60.7 Å².